The quantitative estimate of drug-likeness (QED) is 0.715. The minimum atomic E-state index is 0.608. The van der Waals surface area contributed by atoms with Crippen molar-refractivity contribution in [3.8, 4) is 5.88 Å². The average molecular weight is 262 g/mol. The molecule has 2 rings (SSSR count). The van der Waals surface area contributed by atoms with Crippen LogP contribution in [0.3, 0.4) is 0 Å². The van der Waals surface area contributed by atoms with E-state index in [0.717, 1.165) is 11.6 Å². The molecule has 0 aliphatic heterocycles. The highest BCUT2D eigenvalue weighted by Gasteiger charge is 2.23. The van der Waals surface area contributed by atoms with Gasteiger partial charge in [-0.1, -0.05) is 32.6 Å². The maximum absolute atomic E-state index is 5.05. The van der Waals surface area contributed by atoms with Crippen LogP contribution in [0.4, 0.5) is 0 Å². The topological polar surface area (TPSA) is 35.0 Å². The van der Waals surface area contributed by atoms with Crippen LogP contribution >= 0.6 is 0 Å². The Morgan fingerprint density at radius 3 is 2.47 bits per heavy atom. The van der Waals surface area contributed by atoms with E-state index in [4.69, 9.17) is 4.74 Å². The molecule has 3 heteroatoms. The van der Waals surface area contributed by atoms with E-state index in [1.807, 2.05) is 6.07 Å². The summed E-state index contributed by atoms with van der Waals surface area (Å²) in [6.45, 7) is 2.28. The maximum atomic E-state index is 5.05. The maximum Gasteiger partial charge on any atom is 0.233 e. The van der Waals surface area contributed by atoms with Gasteiger partial charge in [-0.2, -0.15) is 5.10 Å². The number of unbranched alkanes of at least 4 members (excludes halogenated alkanes) is 2. The van der Waals surface area contributed by atoms with Crippen molar-refractivity contribution in [3.05, 3.63) is 17.8 Å². The SMILES string of the molecule is CCCCC[C@H]1CC[C@H](c2ccc(OC)nn2)CC1. The first kappa shape index (κ1) is 14.3. The Bertz CT molecular complexity index is 356. The Kier molecular flexibility index (Phi) is 5.62. The third-order valence-corrected chi connectivity index (χ3v) is 4.35. The summed E-state index contributed by atoms with van der Waals surface area (Å²) in [4.78, 5) is 0. The van der Waals surface area contributed by atoms with E-state index in [9.17, 15) is 0 Å². The number of methoxy groups -OCH3 is 1. The fourth-order valence-corrected chi connectivity index (χ4v) is 3.09. The van der Waals surface area contributed by atoms with E-state index in [1.54, 1.807) is 7.11 Å². The Balaban J connectivity index is 1.78. The smallest absolute Gasteiger partial charge is 0.233 e. The van der Waals surface area contributed by atoms with Gasteiger partial charge in [0.1, 0.15) is 0 Å². The molecule has 3 nitrogen and oxygen atoms in total. The van der Waals surface area contributed by atoms with Crippen molar-refractivity contribution in [2.45, 2.75) is 64.2 Å². The van der Waals surface area contributed by atoms with Crippen LogP contribution in [0.5, 0.6) is 5.88 Å². The van der Waals surface area contributed by atoms with Crippen molar-refractivity contribution in [1.29, 1.82) is 0 Å². The largest absolute Gasteiger partial charge is 0.480 e. The van der Waals surface area contributed by atoms with Gasteiger partial charge in [-0.05, 0) is 37.7 Å². The molecule has 1 aromatic heterocycles. The Morgan fingerprint density at radius 1 is 1.11 bits per heavy atom. The number of aromatic nitrogens is 2. The van der Waals surface area contributed by atoms with Crippen molar-refractivity contribution in [1.82, 2.24) is 10.2 Å². The van der Waals surface area contributed by atoms with Crippen LogP contribution in [0.2, 0.25) is 0 Å². The lowest BCUT2D eigenvalue weighted by molar-refractivity contribution is 0.298. The molecule has 1 aliphatic carbocycles. The van der Waals surface area contributed by atoms with Gasteiger partial charge in [-0.3, -0.25) is 0 Å². The Hall–Kier alpha value is -1.12. The summed E-state index contributed by atoms with van der Waals surface area (Å²) in [6, 6.07) is 4.00. The highest BCUT2D eigenvalue weighted by molar-refractivity contribution is 5.15. The molecule has 0 spiro atoms. The van der Waals surface area contributed by atoms with E-state index in [-0.39, 0.29) is 0 Å². The number of ether oxygens (including phenoxy) is 1. The predicted molar refractivity (Wildman–Crippen MR) is 77.4 cm³/mol. The summed E-state index contributed by atoms with van der Waals surface area (Å²) in [7, 11) is 1.63. The molecule has 0 amide bonds. The molecule has 0 saturated heterocycles. The predicted octanol–water partition coefficient (Wildman–Crippen LogP) is 4.34. The molecule has 0 atom stereocenters. The molecule has 1 aliphatic rings. The number of hydrogen-bond donors (Lipinski definition) is 0. The third-order valence-electron chi connectivity index (χ3n) is 4.35. The first-order chi connectivity index (χ1) is 9.33. The molecule has 19 heavy (non-hydrogen) atoms. The minimum Gasteiger partial charge on any atom is -0.480 e. The molecule has 1 fully saturated rings. The highest BCUT2D eigenvalue weighted by atomic mass is 16.5. The Morgan fingerprint density at radius 2 is 1.89 bits per heavy atom. The van der Waals surface area contributed by atoms with Gasteiger partial charge in [0, 0.05) is 12.0 Å². The molecule has 1 saturated carbocycles. The van der Waals surface area contributed by atoms with Crippen molar-refractivity contribution in [2.75, 3.05) is 7.11 Å². The third kappa shape index (κ3) is 4.19. The summed E-state index contributed by atoms with van der Waals surface area (Å²) >= 11 is 0. The van der Waals surface area contributed by atoms with E-state index < -0.39 is 0 Å². The average Bonchev–Trinajstić information content (AvgIpc) is 2.48. The molecule has 0 bridgehead atoms. The molecular weight excluding hydrogens is 236 g/mol. The van der Waals surface area contributed by atoms with Crippen LogP contribution in [0.15, 0.2) is 12.1 Å². The normalized spacial score (nSPS) is 23.3. The van der Waals surface area contributed by atoms with Gasteiger partial charge in [0.25, 0.3) is 0 Å². The molecule has 106 valence electrons. The van der Waals surface area contributed by atoms with E-state index >= 15 is 0 Å². The van der Waals surface area contributed by atoms with Crippen molar-refractivity contribution >= 4 is 0 Å². The summed E-state index contributed by atoms with van der Waals surface area (Å²) in [5, 5.41) is 8.38. The second-order valence-corrected chi connectivity index (χ2v) is 5.71. The lowest BCUT2D eigenvalue weighted by atomic mass is 9.78. The van der Waals surface area contributed by atoms with Gasteiger partial charge in [0.15, 0.2) is 0 Å². The van der Waals surface area contributed by atoms with Gasteiger partial charge >= 0.3 is 0 Å². The van der Waals surface area contributed by atoms with E-state index in [1.165, 1.54) is 51.4 Å². The van der Waals surface area contributed by atoms with Crippen molar-refractivity contribution < 1.29 is 4.74 Å². The molecule has 0 radical (unpaired) electrons. The van der Waals surface area contributed by atoms with Crippen LogP contribution < -0.4 is 4.74 Å². The molecule has 0 aromatic carbocycles. The van der Waals surface area contributed by atoms with E-state index in [2.05, 4.69) is 23.2 Å². The Labute approximate surface area is 116 Å². The first-order valence-electron chi connectivity index (χ1n) is 7.71. The second kappa shape index (κ2) is 7.46. The van der Waals surface area contributed by atoms with Gasteiger partial charge in [-0.25, -0.2) is 0 Å². The fourth-order valence-electron chi connectivity index (χ4n) is 3.09. The lowest BCUT2D eigenvalue weighted by Crippen LogP contribution is -2.14. The van der Waals surface area contributed by atoms with Crippen LogP contribution in [0, 0.1) is 5.92 Å². The van der Waals surface area contributed by atoms with E-state index in [0.29, 0.717) is 11.8 Å². The zero-order chi connectivity index (χ0) is 13.5. The monoisotopic (exact) mass is 262 g/mol. The zero-order valence-corrected chi connectivity index (χ0v) is 12.3. The first-order valence-corrected chi connectivity index (χ1v) is 7.71. The molecular formula is C16H26N2O. The number of nitrogens with zero attached hydrogens (tertiary/aromatic N) is 2. The van der Waals surface area contributed by atoms with Crippen LogP contribution in [-0.2, 0) is 0 Å². The van der Waals surface area contributed by atoms with Gasteiger partial charge in [0.05, 0.1) is 12.8 Å². The van der Waals surface area contributed by atoms with Crippen molar-refractivity contribution in [2.24, 2.45) is 5.92 Å². The standard InChI is InChI=1S/C16H26N2O/c1-3-4-5-6-13-7-9-14(10-8-13)15-11-12-16(19-2)18-17-15/h11-14H,3-10H2,1-2H3/t13-,14-. The number of rotatable bonds is 6. The molecule has 1 heterocycles. The summed E-state index contributed by atoms with van der Waals surface area (Å²) in [5.74, 6) is 2.17. The summed E-state index contributed by atoms with van der Waals surface area (Å²) in [5.41, 5.74) is 1.15. The minimum absolute atomic E-state index is 0.608. The van der Waals surface area contributed by atoms with Crippen LogP contribution in [0.25, 0.3) is 0 Å². The number of hydrogen-bond acceptors (Lipinski definition) is 3. The summed E-state index contributed by atoms with van der Waals surface area (Å²) in [6.07, 6.45) is 10.8. The van der Waals surface area contributed by atoms with Gasteiger partial charge in [0.2, 0.25) is 5.88 Å². The molecule has 1 aromatic rings. The fraction of sp³-hybridized carbons (Fsp3) is 0.750. The molecule has 0 unspecified atom stereocenters. The summed E-state index contributed by atoms with van der Waals surface area (Å²) < 4.78 is 5.05. The highest BCUT2D eigenvalue weighted by Crippen LogP contribution is 2.36. The second-order valence-electron chi connectivity index (χ2n) is 5.71. The van der Waals surface area contributed by atoms with Gasteiger partial charge < -0.3 is 4.74 Å². The van der Waals surface area contributed by atoms with Gasteiger partial charge in [-0.15, -0.1) is 5.10 Å². The zero-order valence-electron chi connectivity index (χ0n) is 12.3. The molecule has 0 N–H and O–H groups in total. The van der Waals surface area contributed by atoms with Crippen LogP contribution in [-0.4, -0.2) is 17.3 Å². The van der Waals surface area contributed by atoms with Crippen LogP contribution in [0.1, 0.15) is 69.9 Å². The lowest BCUT2D eigenvalue weighted by Gasteiger charge is -2.27. The van der Waals surface area contributed by atoms with Crippen molar-refractivity contribution in [3.63, 3.8) is 0 Å².